The first-order valence-corrected chi connectivity index (χ1v) is 6.22. The molecule has 1 aromatic carbocycles. The Morgan fingerprint density at radius 1 is 1.33 bits per heavy atom. The van der Waals surface area contributed by atoms with Gasteiger partial charge in [-0.15, -0.1) is 0 Å². The van der Waals surface area contributed by atoms with E-state index in [0.717, 1.165) is 11.1 Å². The van der Waals surface area contributed by atoms with Crippen LogP contribution in [0.4, 0.5) is 0 Å². The highest BCUT2D eigenvalue weighted by Gasteiger charge is 2.15. The zero-order valence-electron chi connectivity index (χ0n) is 10.7. The van der Waals surface area contributed by atoms with Crippen molar-refractivity contribution in [3.8, 4) is 0 Å². The number of rotatable bonds is 6. The highest BCUT2D eigenvalue weighted by atomic mass is 32.1. The van der Waals surface area contributed by atoms with Crippen LogP contribution < -0.4 is 11.5 Å². The molecule has 1 amide bonds. The molecular formula is C13H19N3OS. The predicted molar refractivity (Wildman–Crippen MR) is 77.1 cm³/mol. The first kappa shape index (κ1) is 14.6. The summed E-state index contributed by atoms with van der Waals surface area (Å²) in [4.78, 5) is 13.4. The van der Waals surface area contributed by atoms with Crippen LogP contribution in [0, 0.1) is 0 Å². The van der Waals surface area contributed by atoms with Crippen molar-refractivity contribution in [2.75, 3.05) is 6.54 Å². The molecule has 0 heterocycles. The van der Waals surface area contributed by atoms with Gasteiger partial charge in [0, 0.05) is 18.2 Å². The summed E-state index contributed by atoms with van der Waals surface area (Å²) in [6.45, 7) is 4.87. The summed E-state index contributed by atoms with van der Waals surface area (Å²) in [5.41, 5.74) is 12.8. The Hall–Kier alpha value is -1.46. The molecule has 98 valence electrons. The molecule has 0 saturated carbocycles. The van der Waals surface area contributed by atoms with E-state index in [9.17, 15) is 4.79 Å². The standard InChI is InChI=1S/C13H19N3OS/c1-9(2)16(8-12(14)17)7-10-5-3-4-6-11(10)13(15)18/h3-6,9H,7-8H2,1-2H3,(H2,14,17)(H2,15,18). The lowest BCUT2D eigenvalue weighted by molar-refractivity contribution is -0.119. The van der Waals surface area contributed by atoms with Gasteiger partial charge in [0.15, 0.2) is 0 Å². The average molecular weight is 265 g/mol. The number of primary amides is 1. The molecule has 0 aromatic heterocycles. The zero-order valence-corrected chi connectivity index (χ0v) is 11.5. The maximum absolute atomic E-state index is 11.1. The Kier molecular flexibility index (Phi) is 5.25. The van der Waals surface area contributed by atoms with Crippen LogP contribution in [0.1, 0.15) is 25.0 Å². The fourth-order valence-corrected chi connectivity index (χ4v) is 1.94. The number of carbonyl (C=O) groups is 1. The van der Waals surface area contributed by atoms with E-state index in [2.05, 4.69) is 0 Å². The molecule has 0 aliphatic heterocycles. The van der Waals surface area contributed by atoms with Gasteiger partial charge in [0.05, 0.1) is 6.54 Å². The van der Waals surface area contributed by atoms with Crippen molar-refractivity contribution < 1.29 is 4.79 Å². The van der Waals surface area contributed by atoms with Crippen LogP contribution in [-0.4, -0.2) is 28.4 Å². The third kappa shape index (κ3) is 4.09. The number of hydrogen-bond donors (Lipinski definition) is 2. The van der Waals surface area contributed by atoms with Crippen molar-refractivity contribution >= 4 is 23.1 Å². The molecule has 0 spiro atoms. The van der Waals surface area contributed by atoms with Crippen molar-refractivity contribution in [1.29, 1.82) is 0 Å². The first-order chi connectivity index (χ1) is 8.41. The normalized spacial score (nSPS) is 10.9. The molecule has 0 bridgehead atoms. The molecule has 0 unspecified atom stereocenters. The molecule has 1 rings (SSSR count). The van der Waals surface area contributed by atoms with Crippen molar-refractivity contribution in [1.82, 2.24) is 4.90 Å². The molecule has 0 radical (unpaired) electrons. The summed E-state index contributed by atoms with van der Waals surface area (Å²) >= 11 is 5.02. The molecule has 0 aliphatic carbocycles. The number of nitrogens with zero attached hydrogens (tertiary/aromatic N) is 1. The SMILES string of the molecule is CC(C)N(CC(N)=O)Cc1ccccc1C(N)=S. The van der Waals surface area contributed by atoms with Gasteiger partial charge >= 0.3 is 0 Å². The molecule has 1 aromatic rings. The van der Waals surface area contributed by atoms with Gasteiger partial charge in [-0.1, -0.05) is 36.5 Å². The van der Waals surface area contributed by atoms with Gasteiger partial charge in [-0.25, -0.2) is 0 Å². The van der Waals surface area contributed by atoms with E-state index in [-0.39, 0.29) is 18.5 Å². The maximum Gasteiger partial charge on any atom is 0.231 e. The molecular weight excluding hydrogens is 246 g/mol. The number of hydrogen-bond acceptors (Lipinski definition) is 3. The lowest BCUT2D eigenvalue weighted by Crippen LogP contribution is -2.38. The van der Waals surface area contributed by atoms with E-state index in [1.165, 1.54) is 0 Å². The van der Waals surface area contributed by atoms with Crippen molar-refractivity contribution in [3.63, 3.8) is 0 Å². The van der Waals surface area contributed by atoms with E-state index >= 15 is 0 Å². The molecule has 0 aliphatic rings. The van der Waals surface area contributed by atoms with Crippen LogP contribution in [0.15, 0.2) is 24.3 Å². The average Bonchev–Trinajstić information content (AvgIpc) is 2.27. The van der Waals surface area contributed by atoms with Crippen LogP contribution in [0.5, 0.6) is 0 Å². The van der Waals surface area contributed by atoms with Crippen LogP contribution >= 0.6 is 12.2 Å². The number of amides is 1. The lowest BCUT2D eigenvalue weighted by atomic mass is 10.1. The van der Waals surface area contributed by atoms with Crippen LogP contribution in [0.3, 0.4) is 0 Å². The van der Waals surface area contributed by atoms with E-state index in [0.29, 0.717) is 11.5 Å². The minimum Gasteiger partial charge on any atom is -0.389 e. The van der Waals surface area contributed by atoms with E-state index in [4.69, 9.17) is 23.7 Å². The molecule has 0 atom stereocenters. The van der Waals surface area contributed by atoms with Crippen molar-refractivity contribution in [3.05, 3.63) is 35.4 Å². The second-order valence-corrected chi connectivity index (χ2v) is 4.93. The fourth-order valence-electron chi connectivity index (χ4n) is 1.74. The van der Waals surface area contributed by atoms with Gasteiger partial charge in [-0.3, -0.25) is 9.69 Å². The summed E-state index contributed by atoms with van der Waals surface area (Å²) in [5.74, 6) is -0.337. The Morgan fingerprint density at radius 3 is 2.44 bits per heavy atom. The van der Waals surface area contributed by atoms with Gasteiger partial charge in [0.2, 0.25) is 5.91 Å². The highest BCUT2D eigenvalue weighted by Crippen LogP contribution is 2.13. The molecule has 18 heavy (non-hydrogen) atoms. The summed E-state index contributed by atoms with van der Waals surface area (Å²) in [5, 5.41) is 0. The number of carbonyl (C=O) groups excluding carboxylic acids is 1. The largest absolute Gasteiger partial charge is 0.389 e. The minimum atomic E-state index is -0.337. The van der Waals surface area contributed by atoms with Gasteiger partial charge in [0.25, 0.3) is 0 Å². The molecule has 0 fully saturated rings. The third-order valence-electron chi connectivity index (χ3n) is 2.75. The Bertz CT molecular complexity index is 446. The Labute approximate surface area is 113 Å². The number of nitrogens with two attached hydrogens (primary N) is 2. The monoisotopic (exact) mass is 265 g/mol. The highest BCUT2D eigenvalue weighted by molar-refractivity contribution is 7.80. The second kappa shape index (κ2) is 6.47. The van der Waals surface area contributed by atoms with Crippen LogP contribution in [0.25, 0.3) is 0 Å². The van der Waals surface area contributed by atoms with E-state index in [1.54, 1.807) is 0 Å². The maximum atomic E-state index is 11.1. The van der Waals surface area contributed by atoms with Crippen molar-refractivity contribution in [2.45, 2.75) is 26.4 Å². The smallest absolute Gasteiger partial charge is 0.231 e. The van der Waals surface area contributed by atoms with Gasteiger partial charge < -0.3 is 11.5 Å². The van der Waals surface area contributed by atoms with Crippen molar-refractivity contribution in [2.24, 2.45) is 11.5 Å². The number of benzene rings is 1. The quantitative estimate of drug-likeness (QED) is 0.753. The summed E-state index contributed by atoms with van der Waals surface area (Å²) in [6, 6.07) is 7.90. The Balaban J connectivity index is 2.93. The zero-order chi connectivity index (χ0) is 13.7. The summed E-state index contributed by atoms with van der Waals surface area (Å²) < 4.78 is 0. The fraction of sp³-hybridized carbons (Fsp3) is 0.385. The van der Waals surface area contributed by atoms with Gasteiger partial charge in [-0.2, -0.15) is 0 Å². The van der Waals surface area contributed by atoms with E-state index in [1.807, 2.05) is 43.0 Å². The van der Waals surface area contributed by atoms with E-state index < -0.39 is 0 Å². The summed E-state index contributed by atoms with van der Waals surface area (Å²) in [7, 11) is 0. The molecule has 5 heteroatoms. The minimum absolute atomic E-state index is 0.219. The molecule has 4 N–H and O–H groups in total. The predicted octanol–water partition coefficient (Wildman–Crippen LogP) is 1.02. The first-order valence-electron chi connectivity index (χ1n) is 5.82. The Morgan fingerprint density at radius 2 is 1.94 bits per heavy atom. The van der Waals surface area contributed by atoms with Crippen LogP contribution in [0.2, 0.25) is 0 Å². The third-order valence-corrected chi connectivity index (χ3v) is 2.97. The van der Waals surface area contributed by atoms with Gasteiger partial charge in [0.1, 0.15) is 4.99 Å². The number of thiocarbonyl (C=S) groups is 1. The topological polar surface area (TPSA) is 72.3 Å². The van der Waals surface area contributed by atoms with Crippen LogP contribution in [-0.2, 0) is 11.3 Å². The summed E-state index contributed by atoms with van der Waals surface area (Å²) in [6.07, 6.45) is 0. The second-order valence-electron chi connectivity index (χ2n) is 4.49. The molecule has 4 nitrogen and oxygen atoms in total. The van der Waals surface area contributed by atoms with Gasteiger partial charge in [-0.05, 0) is 19.4 Å². The molecule has 0 saturated heterocycles. The lowest BCUT2D eigenvalue weighted by Gasteiger charge is -2.25.